The third-order valence-corrected chi connectivity index (χ3v) is 2.59. The summed E-state index contributed by atoms with van der Waals surface area (Å²) >= 11 is 1.65. The molecule has 1 heterocycles. The summed E-state index contributed by atoms with van der Waals surface area (Å²) in [6, 6.07) is 3.98. The van der Waals surface area contributed by atoms with E-state index in [1.54, 1.807) is 11.3 Å². The van der Waals surface area contributed by atoms with Crippen molar-refractivity contribution >= 4 is 17.3 Å². The molecular weight excluding hydrogens is 220 g/mol. The minimum atomic E-state index is -2.44. The molecule has 0 atom stereocenters. The maximum Gasteiger partial charge on any atom is 0.257 e. The van der Waals surface area contributed by atoms with Crippen LogP contribution in [0.1, 0.15) is 4.88 Å². The Labute approximate surface area is 91.0 Å². The first-order valence-electron chi connectivity index (χ1n) is 4.53. The quantitative estimate of drug-likeness (QED) is 0.597. The highest BCUT2D eigenvalue weighted by Crippen LogP contribution is 2.07. The van der Waals surface area contributed by atoms with Crippen LogP contribution in [-0.4, -0.2) is 25.5 Å². The molecular formula is C9H13F2N3S. The normalized spacial score (nSPS) is 12.1. The number of halogens is 2. The first kappa shape index (κ1) is 11.9. The molecule has 1 rings (SSSR count). The van der Waals surface area contributed by atoms with Crippen LogP contribution in [-0.2, 0) is 6.42 Å². The summed E-state index contributed by atoms with van der Waals surface area (Å²) < 4.78 is 23.5. The molecule has 3 nitrogen and oxygen atoms in total. The second-order valence-corrected chi connectivity index (χ2v) is 3.91. The predicted octanol–water partition coefficient (Wildman–Crippen LogP) is 1.46. The second-order valence-electron chi connectivity index (χ2n) is 2.87. The largest absolute Gasteiger partial charge is 0.370 e. The number of nitrogens with one attached hydrogen (secondary N) is 1. The Kier molecular flexibility index (Phi) is 5.03. The third-order valence-electron chi connectivity index (χ3n) is 1.66. The van der Waals surface area contributed by atoms with Crippen molar-refractivity contribution in [3.8, 4) is 0 Å². The second kappa shape index (κ2) is 6.34. The average molecular weight is 233 g/mol. The summed E-state index contributed by atoms with van der Waals surface area (Å²) in [5, 5.41) is 4.77. The Morgan fingerprint density at radius 2 is 2.40 bits per heavy atom. The van der Waals surface area contributed by atoms with Gasteiger partial charge in [0, 0.05) is 11.4 Å². The van der Waals surface area contributed by atoms with E-state index < -0.39 is 13.0 Å². The lowest BCUT2D eigenvalue weighted by molar-refractivity contribution is 0.158. The summed E-state index contributed by atoms with van der Waals surface area (Å²) in [6.45, 7) is 0.0664. The molecule has 0 saturated carbocycles. The van der Waals surface area contributed by atoms with Crippen LogP contribution in [0.4, 0.5) is 8.78 Å². The van der Waals surface area contributed by atoms with Gasteiger partial charge in [0.25, 0.3) is 6.43 Å². The molecule has 0 radical (unpaired) electrons. The van der Waals surface area contributed by atoms with Crippen LogP contribution in [0.15, 0.2) is 22.5 Å². The summed E-state index contributed by atoms with van der Waals surface area (Å²) in [7, 11) is 0. The topological polar surface area (TPSA) is 50.4 Å². The van der Waals surface area contributed by atoms with Gasteiger partial charge < -0.3 is 11.1 Å². The molecule has 6 heteroatoms. The maximum absolute atomic E-state index is 11.8. The van der Waals surface area contributed by atoms with Gasteiger partial charge in [-0.15, -0.1) is 11.3 Å². The molecule has 84 valence electrons. The van der Waals surface area contributed by atoms with Crippen LogP contribution in [0.5, 0.6) is 0 Å². The Hall–Kier alpha value is -1.17. The van der Waals surface area contributed by atoms with Crippen LogP contribution in [0.25, 0.3) is 0 Å². The van der Waals surface area contributed by atoms with E-state index in [-0.39, 0.29) is 5.96 Å². The van der Waals surface area contributed by atoms with Crippen molar-refractivity contribution in [2.45, 2.75) is 12.8 Å². The third kappa shape index (κ3) is 5.31. The Balaban J connectivity index is 2.17. The van der Waals surface area contributed by atoms with Gasteiger partial charge in [-0.25, -0.2) is 13.8 Å². The fourth-order valence-corrected chi connectivity index (χ4v) is 1.70. The summed E-state index contributed by atoms with van der Waals surface area (Å²) in [5.74, 6) is 0.0758. The first-order chi connectivity index (χ1) is 7.18. The van der Waals surface area contributed by atoms with Gasteiger partial charge in [0.05, 0.1) is 0 Å². The number of nitrogens with two attached hydrogens (primary N) is 1. The molecule has 15 heavy (non-hydrogen) atoms. The number of hydrogen-bond donors (Lipinski definition) is 2. The number of rotatable bonds is 5. The van der Waals surface area contributed by atoms with Crippen molar-refractivity contribution in [2.24, 2.45) is 10.7 Å². The SMILES string of the molecule is NC(=NCC(F)F)NCCc1cccs1. The molecule has 0 aliphatic rings. The number of alkyl halides is 2. The molecule has 0 aromatic carbocycles. The number of guanidine groups is 1. The lowest BCUT2D eigenvalue weighted by Crippen LogP contribution is -2.33. The van der Waals surface area contributed by atoms with Crippen molar-refractivity contribution in [1.82, 2.24) is 5.32 Å². The Morgan fingerprint density at radius 1 is 1.60 bits per heavy atom. The van der Waals surface area contributed by atoms with Gasteiger partial charge in [-0.3, -0.25) is 0 Å². The van der Waals surface area contributed by atoms with E-state index in [0.717, 1.165) is 6.42 Å². The van der Waals surface area contributed by atoms with E-state index in [2.05, 4.69) is 10.3 Å². The minimum absolute atomic E-state index is 0.0758. The lowest BCUT2D eigenvalue weighted by atomic mass is 10.3. The monoisotopic (exact) mass is 233 g/mol. The van der Waals surface area contributed by atoms with Crippen molar-refractivity contribution < 1.29 is 8.78 Å². The van der Waals surface area contributed by atoms with Gasteiger partial charge >= 0.3 is 0 Å². The van der Waals surface area contributed by atoms with Crippen molar-refractivity contribution in [1.29, 1.82) is 0 Å². The molecule has 3 N–H and O–H groups in total. The molecule has 0 bridgehead atoms. The van der Waals surface area contributed by atoms with Gasteiger partial charge in [-0.1, -0.05) is 6.07 Å². The van der Waals surface area contributed by atoms with Crippen LogP contribution in [0.3, 0.4) is 0 Å². The first-order valence-corrected chi connectivity index (χ1v) is 5.41. The summed E-state index contributed by atoms with van der Waals surface area (Å²) in [6.07, 6.45) is -1.62. The molecule has 0 amide bonds. The van der Waals surface area contributed by atoms with Crippen molar-refractivity contribution in [2.75, 3.05) is 13.1 Å². The van der Waals surface area contributed by atoms with E-state index in [0.29, 0.717) is 6.54 Å². The van der Waals surface area contributed by atoms with Crippen LogP contribution in [0, 0.1) is 0 Å². The fraction of sp³-hybridized carbons (Fsp3) is 0.444. The molecule has 1 aromatic rings. The minimum Gasteiger partial charge on any atom is -0.370 e. The Bertz CT molecular complexity index is 298. The smallest absolute Gasteiger partial charge is 0.257 e. The zero-order valence-electron chi connectivity index (χ0n) is 8.12. The molecule has 0 saturated heterocycles. The van der Waals surface area contributed by atoms with E-state index >= 15 is 0 Å². The predicted molar refractivity (Wildman–Crippen MR) is 58.5 cm³/mol. The average Bonchev–Trinajstić information content (AvgIpc) is 2.67. The highest BCUT2D eigenvalue weighted by Gasteiger charge is 2.00. The number of thiophene rings is 1. The fourth-order valence-electron chi connectivity index (χ4n) is 0.992. The van der Waals surface area contributed by atoms with Crippen LogP contribution in [0.2, 0.25) is 0 Å². The molecule has 0 spiro atoms. The van der Waals surface area contributed by atoms with Crippen molar-refractivity contribution in [3.05, 3.63) is 22.4 Å². The van der Waals surface area contributed by atoms with E-state index in [1.165, 1.54) is 4.88 Å². The molecule has 0 aliphatic carbocycles. The summed E-state index contributed by atoms with van der Waals surface area (Å²) in [4.78, 5) is 4.71. The zero-order valence-corrected chi connectivity index (χ0v) is 8.94. The highest BCUT2D eigenvalue weighted by atomic mass is 32.1. The van der Waals surface area contributed by atoms with Gasteiger partial charge in [-0.2, -0.15) is 0 Å². The number of aliphatic imine (C=N–C) groups is 1. The standard InChI is InChI=1S/C9H13F2N3S/c10-8(11)6-14-9(12)13-4-3-7-2-1-5-15-7/h1-2,5,8H,3-4,6H2,(H3,12,13,14). The van der Waals surface area contributed by atoms with Gasteiger partial charge in [0.2, 0.25) is 0 Å². The van der Waals surface area contributed by atoms with E-state index in [4.69, 9.17) is 5.73 Å². The van der Waals surface area contributed by atoms with E-state index in [9.17, 15) is 8.78 Å². The lowest BCUT2D eigenvalue weighted by Gasteiger charge is -2.03. The molecule has 0 unspecified atom stereocenters. The molecule has 0 aliphatic heterocycles. The highest BCUT2D eigenvalue weighted by molar-refractivity contribution is 7.09. The number of nitrogens with zero attached hydrogens (tertiary/aromatic N) is 1. The maximum atomic E-state index is 11.8. The number of hydrogen-bond acceptors (Lipinski definition) is 2. The van der Waals surface area contributed by atoms with Crippen LogP contribution < -0.4 is 11.1 Å². The molecule has 0 fully saturated rings. The van der Waals surface area contributed by atoms with Gasteiger partial charge in [0.1, 0.15) is 6.54 Å². The van der Waals surface area contributed by atoms with E-state index in [1.807, 2.05) is 17.5 Å². The van der Waals surface area contributed by atoms with Gasteiger partial charge in [0.15, 0.2) is 5.96 Å². The van der Waals surface area contributed by atoms with Crippen molar-refractivity contribution in [3.63, 3.8) is 0 Å². The van der Waals surface area contributed by atoms with Crippen LogP contribution >= 0.6 is 11.3 Å². The Morgan fingerprint density at radius 3 is 3.00 bits per heavy atom. The summed E-state index contributed by atoms with van der Waals surface area (Å²) in [5.41, 5.74) is 5.37. The van der Waals surface area contributed by atoms with Gasteiger partial charge in [-0.05, 0) is 17.9 Å². The molecule has 1 aromatic heterocycles. The zero-order chi connectivity index (χ0) is 11.1.